The zero-order valence-corrected chi connectivity index (χ0v) is 6.76. The van der Waals surface area contributed by atoms with Gasteiger partial charge in [-0.25, -0.2) is 0 Å². The van der Waals surface area contributed by atoms with Crippen molar-refractivity contribution in [3.8, 4) is 0 Å². The summed E-state index contributed by atoms with van der Waals surface area (Å²) < 4.78 is 0. The average molecular weight is 141 g/mol. The molecule has 0 N–H and O–H groups in total. The maximum Gasteiger partial charge on any atom is 0.222 e. The van der Waals surface area contributed by atoms with Crippen LogP contribution in [0.4, 0.5) is 0 Å². The first-order chi connectivity index (χ1) is 4.76. The minimum atomic E-state index is 0.197. The summed E-state index contributed by atoms with van der Waals surface area (Å²) in [5.41, 5.74) is 0. The zero-order chi connectivity index (χ0) is 7.98. The lowest BCUT2D eigenvalue weighted by Gasteiger charge is -2.17. The van der Waals surface area contributed by atoms with Crippen molar-refractivity contribution in [1.82, 2.24) is 4.90 Å². The maximum atomic E-state index is 11.0. The summed E-state index contributed by atoms with van der Waals surface area (Å²) in [6, 6.07) is 0. The van der Waals surface area contributed by atoms with E-state index in [2.05, 4.69) is 6.58 Å². The molecule has 0 bridgehead atoms. The summed E-state index contributed by atoms with van der Waals surface area (Å²) >= 11 is 0. The summed E-state index contributed by atoms with van der Waals surface area (Å²) in [7, 11) is 0. The van der Waals surface area contributed by atoms with Gasteiger partial charge < -0.3 is 4.90 Å². The Morgan fingerprint density at radius 2 is 2.20 bits per heavy atom. The predicted molar refractivity (Wildman–Crippen MR) is 42.7 cm³/mol. The Kier molecular flexibility index (Phi) is 4.63. The number of carbonyl (C=O) groups is 1. The second-order valence-electron chi connectivity index (χ2n) is 2.07. The fraction of sp³-hybridized carbons (Fsp3) is 0.625. The summed E-state index contributed by atoms with van der Waals surface area (Å²) in [6.45, 7) is 8.86. The molecule has 0 saturated heterocycles. The van der Waals surface area contributed by atoms with E-state index in [1.54, 1.807) is 11.0 Å². The van der Waals surface area contributed by atoms with Crippen LogP contribution in [0.15, 0.2) is 12.7 Å². The standard InChI is InChI=1S/C8H15NO/c1-4-7-9(6-3)8(10)5-2/h4H,1,5-7H2,2-3H3. The van der Waals surface area contributed by atoms with Gasteiger partial charge in [0.1, 0.15) is 0 Å². The quantitative estimate of drug-likeness (QED) is 0.542. The number of likely N-dealkylation sites (N-methyl/N-ethyl adjacent to an activating group) is 1. The van der Waals surface area contributed by atoms with Crippen molar-refractivity contribution >= 4 is 5.91 Å². The molecule has 1 amide bonds. The fourth-order valence-electron chi connectivity index (χ4n) is 0.787. The second kappa shape index (κ2) is 5.03. The van der Waals surface area contributed by atoms with Crippen LogP contribution in [0.1, 0.15) is 20.3 Å². The molecule has 0 fully saturated rings. The highest BCUT2D eigenvalue weighted by Crippen LogP contribution is 1.92. The predicted octanol–water partition coefficient (Wildman–Crippen LogP) is 1.43. The minimum Gasteiger partial charge on any atom is -0.339 e. The van der Waals surface area contributed by atoms with Gasteiger partial charge in [-0.3, -0.25) is 4.79 Å². The normalized spacial score (nSPS) is 9.00. The molecular weight excluding hydrogens is 126 g/mol. The summed E-state index contributed by atoms with van der Waals surface area (Å²) in [6.07, 6.45) is 2.33. The van der Waals surface area contributed by atoms with Crippen molar-refractivity contribution in [2.45, 2.75) is 20.3 Å². The molecule has 0 aromatic rings. The molecule has 0 unspecified atom stereocenters. The Morgan fingerprint density at radius 3 is 2.50 bits per heavy atom. The van der Waals surface area contributed by atoms with Crippen molar-refractivity contribution < 1.29 is 4.79 Å². The Balaban J connectivity index is 3.79. The van der Waals surface area contributed by atoms with Crippen molar-refractivity contribution in [1.29, 1.82) is 0 Å². The van der Waals surface area contributed by atoms with E-state index in [4.69, 9.17) is 0 Å². The van der Waals surface area contributed by atoms with Crippen LogP contribution in [-0.2, 0) is 4.79 Å². The molecule has 0 heterocycles. The second-order valence-corrected chi connectivity index (χ2v) is 2.07. The van der Waals surface area contributed by atoms with Gasteiger partial charge in [-0.15, -0.1) is 6.58 Å². The van der Waals surface area contributed by atoms with Crippen LogP contribution in [0.2, 0.25) is 0 Å². The number of hydrogen-bond donors (Lipinski definition) is 0. The first-order valence-corrected chi connectivity index (χ1v) is 3.64. The monoisotopic (exact) mass is 141 g/mol. The third-order valence-electron chi connectivity index (χ3n) is 1.39. The van der Waals surface area contributed by atoms with E-state index in [0.29, 0.717) is 13.0 Å². The molecular formula is C8H15NO. The van der Waals surface area contributed by atoms with E-state index in [1.807, 2.05) is 13.8 Å². The van der Waals surface area contributed by atoms with Crippen LogP contribution in [0.3, 0.4) is 0 Å². The molecule has 0 aromatic carbocycles. The Hall–Kier alpha value is -0.790. The summed E-state index contributed by atoms with van der Waals surface area (Å²) in [5, 5.41) is 0. The van der Waals surface area contributed by atoms with Crippen LogP contribution < -0.4 is 0 Å². The first kappa shape index (κ1) is 9.21. The van der Waals surface area contributed by atoms with Crippen LogP contribution in [0, 0.1) is 0 Å². The van der Waals surface area contributed by atoms with Gasteiger partial charge in [0, 0.05) is 19.5 Å². The third-order valence-corrected chi connectivity index (χ3v) is 1.39. The van der Waals surface area contributed by atoms with E-state index < -0.39 is 0 Å². The lowest BCUT2D eigenvalue weighted by Crippen LogP contribution is -2.29. The van der Waals surface area contributed by atoms with Crippen molar-refractivity contribution in [3.63, 3.8) is 0 Å². The van der Waals surface area contributed by atoms with Crippen LogP contribution >= 0.6 is 0 Å². The van der Waals surface area contributed by atoms with E-state index in [-0.39, 0.29) is 5.91 Å². The van der Waals surface area contributed by atoms with Crippen molar-refractivity contribution in [2.75, 3.05) is 13.1 Å². The van der Waals surface area contributed by atoms with Gasteiger partial charge in [0.2, 0.25) is 5.91 Å². The molecule has 0 aromatic heterocycles. The van der Waals surface area contributed by atoms with Crippen LogP contribution in [0.25, 0.3) is 0 Å². The highest BCUT2D eigenvalue weighted by Gasteiger charge is 2.04. The van der Waals surface area contributed by atoms with Crippen molar-refractivity contribution in [2.24, 2.45) is 0 Å². The SMILES string of the molecule is C=CCN(CC)C(=O)CC. The fourth-order valence-corrected chi connectivity index (χ4v) is 0.787. The molecule has 2 nitrogen and oxygen atoms in total. The molecule has 0 aliphatic rings. The van der Waals surface area contributed by atoms with E-state index >= 15 is 0 Å². The highest BCUT2D eigenvalue weighted by atomic mass is 16.2. The van der Waals surface area contributed by atoms with Gasteiger partial charge in [0.25, 0.3) is 0 Å². The molecule has 0 saturated carbocycles. The molecule has 10 heavy (non-hydrogen) atoms. The van der Waals surface area contributed by atoms with Crippen LogP contribution in [-0.4, -0.2) is 23.9 Å². The van der Waals surface area contributed by atoms with Gasteiger partial charge in [-0.2, -0.15) is 0 Å². The highest BCUT2D eigenvalue weighted by molar-refractivity contribution is 5.75. The zero-order valence-electron chi connectivity index (χ0n) is 6.76. The maximum absolute atomic E-state index is 11.0. The number of nitrogens with zero attached hydrogens (tertiary/aromatic N) is 1. The topological polar surface area (TPSA) is 20.3 Å². The Morgan fingerprint density at radius 1 is 1.60 bits per heavy atom. The first-order valence-electron chi connectivity index (χ1n) is 3.64. The number of rotatable bonds is 4. The molecule has 58 valence electrons. The largest absolute Gasteiger partial charge is 0.339 e. The molecule has 0 atom stereocenters. The van der Waals surface area contributed by atoms with Gasteiger partial charge in [-0.1, -0.05) is 13.0 Å². The van der Waals surface area contributed by atoms with Gasteiger partial charge in [0.15, 0.2) is 0 Å². The Labute approximate surface area is 62.5 Å². The van der Waals surface area contributed by atoms with Gasteiger partial charge >= 0.3 is 0 Å². The lowest BCUT2D eigenvalue weighted by molar-refractivity contribution is -0.130. The van der Waals surface area contributed by atoms with Gasteiger partial charge in [-0.05, 0) is 6.92 Å². The summed E-state index contributed by atoms with van der Waals surface area (Å²) in [4.78, 5) is 12.8. The number of amides is 1. The number of hydrogen-bond acceptors (Lipinski definition) is 1. The molecule has 0 aliphatic heterocycles. The summed E-state index contributed by atoms with van der Waals surface area (Å²) in [5.74, 6) is 0.197. The molecule has 2 heteroatoms. The van der Waals surface area contributed by atoms with Crippen molar-refractivity contribution in [3.05, 3.63) is 12.7 Å². The van der Waals surface area contributed by atoms with E-state index in [0.717, 1.165) is 6.54 Å². The smallest absolute Gasteiger partial charge is 0.222 e. The molecule has 0 rings (SSSR count). The Bertz CT molecular complexity index is 120. The van der Waals surface area contributed by atoms with E-state index in [9.17, 15) is 4.79 Å². The van der Waals surface area contributed by atoms with Gasteiger partial charge in [0.05, 0.1) is 0 Å². The van der Waals surface area contributed by atoms with Crippen LogP contribution in [0.5, 0.6) is 0 Å². The van der Waals surface area contributed by atoms with E-state index in [1.165, 1.54) is 0 Å². The number of carbonyl (C=O) groups excluding carboxylic acids is 1. The lowest BCUT2D eigenvalue weighted by atomic mass is 10.4. The molecule has 0 aliphatic carbocycles. The third kappa shape index (κ3) is 2.67. The molecule has 0 spiro atoms. The minimum absolute atomic E-state index is 0.197. The molecule has 0 radical (unpaired) electrons. The average Bonchev–Trinajstić information content (AvgIpc) is 1.99.